The van der Waals surface area contributed by atoms with Crippen LogP contribution < -0.4 is 15.4 Å². The summed E-state index contributed by atoms with van der Waals surface area (Å²) in [6, 6.07) is 14.4. The van der Waals surface area contributed by atoms with Gasteiger partial charge in [-0.05, 0) is 55.2 Å². The van der Waals surface area contributed by atoms with Gasteiger partial charge in [0.15, 0.2) is 0 Å². The minimum absolute atomic E-state index is 0.0121. The molecule has 174 valence electrons. The summed E-state index contributed by atoms with van der Waals surface area (Å²) in [6.07, 6.45) is 4.03. The average Bonchev–Trinajstić information content (AvgIpc) is 3.58. The van der Waals surface area contributed by atoms with Gasteiger partial charge in [-0.3, -0.25) is 14.4 Å². The third-order valence-electron chi connectivity index (χ3n) is 6.28. The quantitative estimate of drug-likeness (QED) is 0.608. The van der Waals surface area contributed by atoms with Crippen LogP contribution in [0.5, 0.6) is 5.75 Å². The van der Waals surface area contributed by atoms with E-state index in [0.717, 1.165) is 37.0 Å². The Morgan fingerprint density at radius 2 is 1.88 bits per heavy atom. The fraction of sp³-hybridized carbons (Fsp3) is 0.423. The number of rotatable bonds is 9. The number of nitrogens with one attached hydrogen (secondary N) is 2. The smallest absolute Gasteiger partial charge is 0.251 e. The Morgan fingerprint density at radius 3 is 2.55 bits per heavy atom. The molecular weight excluding hydrogens is 418 g/mol. The van der Waals surface area contributed by atoms with E-state index in [1.807, 2.05) is 29.2 Å². The molecular formula is C26H31N3O4. The lowest BCUT2D eigenvalue weighted by atomic mass is 9.92. The number of ether oxygens (including phenoxy) is 1. The number of hydrogen-bond donors (Lipinski definition) is 2. The summed E-state index contributed by atoms with van der Waals surface area (Å²) >= 11 is 0. The number of carbonyl (C=O) groups is 3. The highest BCUT2D eigenvalue weighted by Gasteiger charge is 2.44. The van der Waals surface area contributed by atoms with Crippen LogP contribution in [0.2, 0.25) is 0 Å². The maximum Gasteiger partial charge on any atom is 0.251 e. The SMILES string of the molecule is CCCCN1C(=O)C[C@@H](C(=O)Nc2cccc(C(=O)NC3CC3)c2)[C@@H]1c1ccc(OC)cc1. The normalized spacial score (nSPS) is 19.9. The Kier molecular flexibility index (Phi) is 6.96. The molecule has 1 saturated carbocycles. The van der Waals surface area contributed by atoms with Crippen LogP contribution in [0.3, 0.4) is 0 Å². The van der Waals surface area contributed by atoms with Crippen molar-refractivity contribution in [2.75, 3.05) is 19.0 Å². The number of nitrogens with zero attached hydrogens (tertiary/aromatic N) is 1. The van der Waals surface area contributed by atoms with Crippen molar-refractivity contribution in [3.8, 4) is 5.75 Å². The summed E-state index contributed by atoms with van der Waals surface area (Å²) in [7, 11) is 1.61. The molecule has 3 amide bonds. The molecule has 2 fully saturated rings. The van der Waals surface area contributed by atoms with Crippen LogP contribution >= 0.6 is 0 Å². The van der Waals surface area contributed by atoms with Crippen molar-refractivity contribution in [3.63, 3.8) is 0 Å². The van der Waals surface area contributed by atoms with Crippen LogP contribution in [0.25, 0.3) is 0 Å². The van der Waals surface area contributed by atoms with Crippen molar-refractivity contribution in [1.82, 2.24) is 10.2 Å². The van der Waals surface area contributed by atoms with E-state index in [9.17, 15) is 14.4 Å². The van der Waals surface area contributed by atoms with Crippen molar-refractivity contribution in [2.45, 2.75) is 51.1 Å². The van der Waals surface area contributed by atoms with E-state index in [0.29, 0.717) is 17.8 Å². The third kappa shape index (κ3) is 5.35. The van der Waals surface area contributed by atoms with E-state index in [1.165, 1.54) is 0 Å². The fourth-order valence-electron chi connectivity index (χ4n) is 4.30. The van der Waals surface area contributed by atoms with Gasteiger partial charge in [0, 0.05) is 30.3 Å². The highest BCUT2D eigenvalue weighted by Crippen LogP contribution is 2.39. The number of hydrogen-bond acceptors (Lipinski definition) is 4. The number of amides is 3. The van der Waals surface area contributed by atoms with Crippen molar-refractivity contribution in [2.24, 2.45) is 5.92 Å². The van der Waals surface area contributed by atoms with Gasteiger partial charge in [0.2, 0.25) is 11.8 Å². The van der Waals surface area contributed by atoms with Gasteiger partial charge < -0.3 is 20.3 Å². The van der Waals surface area contributed by atoms with E-state index < -0.39 is 5.92 Å². The van der Waals surface area contributed by atoms with Crippen molar-refractivity contribution in [3.05, 3.63) is 59.7 Å². The summed E-state index contributed by atoms with van der Waals surface area (Å²) < 4.78 is 5.26. The minimum atomic E-state index is -0.522. The van der Waals surface area contributed by atoms with E-state index in [4.69, 9.17) is 4.74 Å². The molecule has 1 aliphatic carbocycles. The van der Waals surface area contributed by atoms with E-state index in [1.54, 1.807) is 31.4 Å². The molecule has 0 spiro atoms. The molecule has 2 atom stereocenters. The first-order chi connectivity index (χ1) is 16.0. The zero-order chi connectivity index (χ0) is 23.4. The molecule has 0 unspecified atom stereocenters. The second kappa shape index (κ2) is 10.1. The predicted octanol–water partition coefficient (Wildman–Crippen LogP) is 3.92. The number of methoxy groups -OCH3 is 1. The van der Waals surface area contributed by atoms with Gasteiger partial charge in [-0.25, -0.2) is 0 Å². The number of likely N-dealkylation sites (tertiary alicyclic amines) is 1. The summed E-state index contributed by atoms with van der Waals surface area (Å²) in [4.78, 5) is 40.4. The highest BCUT2D eigenvalue weighted by atomic mass is 16.5. The largest absolute Gasteiger partial charge is 0.497 e. The summed E-state index contributed by atoms with van der Waals surface area (Å²) in [5.41, 5.74) is 1.98. The first kappa shape index (κ1) is 22.8. The molecule has 2 aromatic rings. The van der Waals surface area contributed by atoms with Crippen LogP contribution in [-0.2, 0) is 9.59 Å². The molecule has 1 heterocycles. The Bertz CT molecular complexity index is 1020. The number of benzene rings is 2. The number of anilines is 1. The molecule has 33 heavy (non-hydrogen) atoms. The van der Waals surface area contributed by atoms with Gasteiger partial charge in [0.05, 0.1) is 19.1 Å². The molecule has 2 aromatic carbocycles. The van der Waals surface area contributed by atoms with Gasteiger partial charge in [-0.15, -0.1) is 0 Å². The lowest BCUT2D eigenvalue weighted by Crippen LogP contribution is -2.33. The van der Waals surface area contributed by atoms with Crippen molar-refractivity contribution in [1.29, 1.82) is 0 Å². The predicted molar refractivity (Wildman–Crippen MR) is 126 cm³/mol. The Morgan fingerprint density at radius 1 is 1.12 bits per heavy atom. The van der Waals surface area contributed by atoms with Gasteiger partial charge in [-0.2, -0.15) is 0 Å². The maximum atomic E-state index is 13.3. The van der Waals surface area contributed by atoms with E-state index in [2.05, 4.69) is 17.6 Å². The van der Waals surface area contributed by atoms with Crippen LogP contribution in [-0.4, -0.2) is 42.3 Å². The zero-order valence-corrected chi connectivity index (χ0v) is 19.2. The van der Waals surface area contributed by atoms with Crippen LogP contribution in [0, 0.1) is 5.92 Å². The number of unbranched alkanes of at least 4 members (excludes halogenated alkanes) is 1. The maximum absolute atomic E-state index is 13.3. The van der Waals surface area contributed by atoms with Crippen molar-refractivity contribution >= 4 is 23.4 Å². The molecule has 2 aliphatic rings. The van der Waals surface area contributed by atoms with Crippen LogP contribution in [0.1, 0.15) is 61.0 Å². The second-order valence-corrected chi connectivity index (χ2v) is 8.79. The standard InChI is InChI=1S/C26H31N3O4/c1-3-4-14-29-23(30)16-22(24(29)17-8-12-21(33-2)13-9-17)26(32)28-20-7-5-6-18(15-20)25(31)27-19-10-11-19/h5-9,12-13,15,19,22,24H,3-4,10-11,14,16H2,1-2H3,(H,27,31)(H,28,32)/t22-,24+/m1/s1. The third-order valence-corrected chi connectivity index (χ3v) is 6.28. The Balaban J connectivity index is 1.54. The Hall–Kier alpha value is -3.35. The molecule has 1 aliphatic heterocycles. The van der Waals surface area contributed by atoms with Gasteiger partial charge in [-0.1, -0.05) is 31.5 Å². The van der Waals surface area contributed by atoms with E-state index in [-0.39, 0.29) is 36.2 Å². The van der Waals surface area contributed by atoms with Crippen LogP contribution in [0.4, 0.5) is 5.69 Å². The summed E-state index contributed by atoms with van der Waals surface area (Å²) in [5.74, 6) is -0.159. The molecule has 1 saturated heterocycles. The molecule has 7 heteroatoms. The first-order valence-corrected chi connectivity index (χ1v) is 11.7. The molecule has 0 radical (unpaired) electrons. The Labute approximate surface area is 194 Å². The summed E-state index contributed by atoms with van der Waals surface area (Å²) in [5, 5.41) is 5.91. The van der Waals surface area contributed by atoms with E-state index >= 15 is 0 Å². The average molecular weight is 450 g/mol. The summed E-state index contributed by atoms with van der Waals surface area (Å²) in [6.45, 7) is 2.70. The van der Waals surface area contributed by atoms with Crippen molar-refractivity contribution < 1.29 is 19.1 Å². The fourth-order valence-corrected chi connectivity index (χ4v) is 4.30. The minimum Gasteiger partial charge on any atom is -0.497 e. The van der Waals surface area contributed by atoms with Gasteiger partial charge in [0.25, 0.3) is 5.91 Å². The molecule has 7 nitrogen and oxygen atoms in total. The monoisotopic (exact) mass is 449 g/mol. The zero-order valence-electron chi connectivity index (χ0n) is 19.2. The molecule has 2 N–H and O–H groups in total. The van der Waals surface area contributed by atoms with Gasteiger partial charge >= 0.3 is 0 Å². The highest BCUT2D eigenvalue weighted by molar-refractivity contribution is 6.00. The molecule has 4 rings (SSSR count). The van der Waals surface area contributed by atoms with Gasteiger partial charge in [0.1, 0.15) is 5.75 Å². The topological polar surface area (TPSA) is 87.7 Å². The van der Waals surface area contributed by atoms with Crippen LogP contribution in [0.15, 0.2) is 48.5 Å². The number of carbonyl (C=O) groups excluding carboxylic acids is 3. The first-order valence-electron chi connectivity index (χ1n) is 11.7. The second-order valence-electron chi connectivity index (χ2n) is 8.79. The lowest BCUT2D eigenvalue weighted by Gasteiger charge is -2.28. The molecule has 0 bridgehead atoms. The lowest BCUT2D eigenvalue weighted by molar-refractivity contribution is -0.129. The molecule has 0 aromatic heterocycles.